The van der Waals surface area contributed by atoms with E-state index in [0.717, 1.165) is 25.6 Å². The molecule has 0 aromatic heterocycles. The molecular formula is C12H27N5. The van der Waals surface area contributed by atoms with Crippen LogP contribution in [0.3, 0.4) is 0 Å². The summed E-state index contributed by atoms with van der Waals surface area (Å²) in [6.07, 6.45) is 2.46. The first-order chi connectivity index (χ1) is 8.04. The van der Waals surface area contributed by atoms with E-state index < -0.39 is 0 Å². The summed E-state index contributed by atoms with van der Waals surface area (Å²) in [5, 5.41) is 0. The van der Waals surface area contributed by atoms with Crippen molar-refractivity contribution in [2.24, 2.45) is 16.8 Å². The molecule has 0 radical (unpaired) electrons. The summed E-state index contributed by atoms with van der Waals surface area (Å²) in [4.78, 5) is 9.09. The van der Waals surface area contributed by atoms with Gasteiger partial charge in [-0.05, 0) is 32.9 Å². The Labute approximate surface area is 105 Å². The van der Waals surface area contributed by atoms with E-state index >= 15 is 0 Å². The van der Waals surface area contributed by atoms with Gasteiger partial charge in [0.15, 0.2) is 0 Å². The van der Waals surface area contributed by atoms with Crippen LogP contribution in [0.15, 0.2) is 4.99 Å². The number of likely N-dealkylation sites (N-methyl/N-ethyl adjacent to an activating group) is 1. The van der Waals surface area contributed by atoms with Crippen molar-refractivity contribution >= 4 is 5.96 Å². The molecule has 0 spiro atoms. The number of nitrogens with zero attached hydrogens (tertiary/aromatic N) is 3. The Morgan fingerprint density at radius 1 is 1.53 bits per heavy atom. The molecule has 0 aliphatic carbocycles. The second-order valence-electron chi connectivity index (χ2n) is 5.41. The first-order valence-electron chi connectivity index (χ1n) is 6.47. The SMILES string of the molecule is CC(C)CN=C(NN)N1CCCC(N(C)C)C1. The number of rotatable bonds is 3. The van der Waals surface area contributed by atoms with Gasteiger partial charge in [-0.1, -0.05) is 13.8 Å². The van der Waals surface area contributed by atoms with E-state index in [9.17, 15) is 0 Å². The van der Waals surface area contributed by atoms with Crippen molar-refractivity contribution < 1.29 is 0 Å². The second kappa shape index (κ2) is 6.81. The summed E-state index contributed by atoms with van der Waals surface area (Å²) in [6.45, 7) is 7.20. The molecule has 100 valence electrons. The minimum Gasteiger partial charge on any atom is -0.340 e. The van der Waals surface area contributed by atoms with E-state index in [-0.39, 0.29) is 0 Å². The Bertz CT molecular complexity index is 249. The van der Waals surface area contributed by atoms with Crippen molar-refractivity contribution in [3.8, 4) is 0 Å². The highest BCUT2D eigenvalue weighted by Gasteiger charge is 2.23. The van der Waals surface area contributed by atoms with Gasteiger partial charge in [0.1, 0.15) is 0 Å². The Kier molecular flexibility index (Phi) is 5.71. The zero-order chi connectivity index (χ0) is 12.8. The van der Waals surface area contributed by atoms with Gasteiger partial charge in [0.05, 0.1) is 0 Å². The van der Waals surface area contributed by atoms with Gasteiger partial charge in [-0.15, -0.1) is 0 Å². The molecule has 0 amide bonds. The van der Waals surface area contributed by atoms with Gasteiger partial charge in [0, 0.05) is 25.7 Å². The highest BCUT2D eigenvalue weighted by Crippen LogP contribution is 2.13. The summed E-state index contributed by atoms with van der Waals surface area (Å²) in [7, 11) is 4.27. The average molecular weight is 241 g/mol. The number of guanidine groups is 1. The number of piperidine rings is 1. The number of likely N-dealkylation sites (tertiary alicyclic amines) is 1. The average Bonchev–Trinajstić information content (AvgIpc) is 2.30. The number of nitrogens with two attached hydrogens (primary N) is 1. The Hall–Kier alpha value is -0.810. The summed E-state index contributed by atoms with van der Waals surface area (Å²) >= 11 is 0. The van der Waals surface area contributed by atoms with Crippen molar-refractivity contribution in [3.05, 3.63) is 0 Å². The van der Waals surface area contributed by atoms with Gasteiger partial charge in [-0.25, -0.2) is 5.84 Å². The molecule has 1 rings (SSSR count). The van der Waals surface area contributed by atoms with Gasteiger partial charge in [0.2, 0.25) is 5.96 Å². The number of aliphatic imine (C=N–C) groups is 1. The molecule has 0 aromatic rings. The van der Waals surface area contributed by atoms with Crippen LogP contribution in [0.2, 0.25) is 0 Å². The lowest BCUT2D eigenvalue weighted by Crippen LogP contribution is -2.53. The van der Waals surface area contributed by atoms with E-state index in [4.69, 9.17) is 5.84 Å². The Morgan fingerprint density at radius 2 is 2.24 bits per heavy atom. The van der Waals surface area contributed by atoms with Crippen LogP contribution in [-0.2, 0) is 0 Å². The normalized spacial score (nSPS) is 22.4. The maximum atomic E-state index is 5.58. The van der Waals surface area contributed by atoms with Crippen molar-refractivity contribution in [1.29, 1.82) is 0 Å². The van der Waals surface area contributed by atoms with Crippen LogP contribution >= 0.6 is 0 Å². The molecule has 1 unspecified atom stereocenters. The van der Waals surface area contributed by atoms with Gasteiger partial charge >= 0.3 is 0 Å². The molecule has 0 aromatic carbocycles. The van der Waals surface area contributed by atoms with Crippen LogP contribution in [0.1, 0.15) is 26.7 Å². The molecule has 1 atom stereocenters. The third-order valence-electron chi connectivity index (χ3n) is 3.16. The van der Waals surface area contributed by atoms with Gasteiger partial charge < -0.3 is 9.80 Å². The molecule has 1 heterocycles. The molecule has 5 nitrogen and oxygen atoms in total. The predicted octanol–water partition coefficient (Wildman–Crippen LogP) is 0.488. The quantitative estimate of drug-likeness (QED) is 0.327. The first kappa shape index (κ1) is 14.3. The number of hydrogen-bond donors (Lipinski definition) is 2. The van der Waals surface area contributed by atoms with Crippen LogP contribution in [0.25, 0.3) is 0 Å². The summed E-state index contributed by atoms with van der Waals surface area (Å²) in [6, 6.07) is 0.598. The molecule has 1 saturated heterocycles. The molecule has 17 heavy (non-hydrogen) atoms. The predicted molar refractivity (Wildman–Crippen MR) is 72.7 cm³/mol. The molecule has 5 heteroatoms. The summed E-state index contributed by atoms with van der Waals surface area (Å²) < 4.78 is 0. The van der Waals surface area contributed by atoms with Crippen LogP contribution in [0.4, 0.5) is 0 Å². The van der Waals surface area contributed by atoms with Gasteiger partial charge in [-0.2, -0.15) is 0 Å². The highest BCUT2D eigenvalue weighted by atomic mass is 15.4. The van der Waals surface area contributed by atoms with Crippen molar-refractivity contribution in [2.75, 3.05) is 33.7 Å². The number of hydrogen-bond acceptors (Lipinski definition) is 3. The topological polar surface area (TPSA) is 56.9 Å². The molecule has 1 aliphatic heterocycles. The maximum absolute atomic E-state index is 5.58. The monoisotopic (exact) mass is 241 g/mol. The second-order valence-corrected chi connectivity index (χ2v) is 5.41. The highest BCUT2D eigenvalue weighted by molar-refractivity contribution is 5.79. The zero-order valence-electron chi connectivity index (χ0n) is 11.6. The fraction of sp³-hybridized carbons (Fsp3) is 0.917. The Morgan fingerprint density at radius 3 is 2.76 bits per heavy atom. The van der Waals surface area contributed by atoms with Crippen molar-refractivity contribution in [3.63, 3.8) is 0 Å². The van der Waals surface area contributed by atoms with E-state index in [0.29, 0.717) is 12.0 Å². The van der Waals surface area contributed by atoms with E-state index in [2.05, 4.69) is 48.2 Å². The van der Waals surface area contributed by atoms with Gasteiger partial charge in [-0.3, -0.25) is 10.4 Å². The molecule has 1 aliphatic rings. The van der Waals surface area contributed by atoms with E-state index in [1.54, 1.807) is 0 Å². The maximum Gasteiger partial charge on any atom is 0.208 e. The third kappa shape index (κ3) is 4.52. The third-order valence-corrected chi connectivity index (χ3v) is 3.16. The molecule has 1 fully saturated rings. The number of hydrazine groups is 1. The van der Waals surface area contributed by atoms with E-state index in [1.807, 2.05) is 0 Å². The minimum absolute atomic E-state index is 0.563. The molecule has 0 saturated carbocycles. The fourth-order valence-corrected chi connectivity index (χ4v) is 2.07. The summed E-state index contributed by atoms with van der Waals surface area (Å²) in [5.74, 6) is 6.98. The minimum atomic E-state index is 0.563. The van der Waals surface area contributed by atoms with Crippen molar-refractivity contribution in [2.45, 2.75) is 32.7 Å². The van der Waals surface area contributed by atoms with Crippen LogP contribution in [0, 0.1) is 5.92 Å². The largest absolute Gasteiger partial charge is 0.340 e. The standard InChI is InChI=1S/C12H27N5/c1-10(2)8-14-12(15-13)17-7-5-6-11(9-17)16(3)4/h10-11H,5-9,13H2,1-4H3,(H,14,15). The lowest BCUT2D eigenvalue weighted by molar-refractivity contribution is 0.181. The van der Waals surface area contributed by atoms with Crippen molar-refractivity contribution in [1.82, 2.24) is 15.2 Å². The van der Waals surface area contributed by atoms with Gasteiger partial charge in [0.25, 0.3) is 0 Å². The molecular weight excluding hydrogens is 214 g/mol. The summed E-state index contributed by atoms with van der Waals surface area (Å²) in [5.41, 5.74) is 2.74. The van der Waals surface area contributed by atoms with Crippen LogP contribution in [0.5, 0.6) is 0 Å². The van der Waals surface area contributed by atoms with Crippen LogP contribution < -0.4 is 11.3 Å². The number of nitrogens with one attached hydrogen (secondary N) is 1. The first-order valence-corrected chi connectivity index (χ1v) is 6.47. The smallest absolute Gasteiger partial charge is 0.208 e. The Balaban J connectivity index is 2.59. The zero-order valence-corrected chi connectivity index (χ0v) is 11.6. The lowest BCUT2D eigenvalue weighted by Gasteiger charge is -2.37. The molecule has 0 bridgehead atoms. The fourth-order valence-electron chi connectivity index (χ4n) is 2.07. The molecule has 3 N–H and O–H groups in total. The van der Waals surface area contributed by atoms with E-state index in [1.165, 1.54) is 12.8 Å². The van der Waals surface area contributed by atoms with Crippen LogP contribution in [-0.4, -0.2) is 55.5 Å². The lowest BCUT2D eigenvalue weighted by atomic mass is 10.1.